The SMILES string of the molecule is CC(C)CCC=O.[H-].[H-].[Mg+2]. The molecule has 0 saturated carbocycles. The van der Waals surface area contributed by atoms with Gasteiger partial charge in [-0.1, -0.05) is 13.8 Å². The van der Waals surface area contributed by atoms with Crippen molar-refractivity contribution < 1.29 is 7.65 Å². The van der Waals surface area contributed by atoms with Crippen LogP contribution in [-0.2, 0) is 4.79 Å². The van der Waals surface area contributed by atoms with Crippen molar-refractivity contribution in [2.75, 3.05) is 0 Å². The molecule has 0 aliphatic carbocycles. The summed E-state index contributed by atoms with van der Waals surface area (Å²) < 4.78 is 0. The van der Waals surface area contributed by atoms with Crippen LogP contribution in [0.2, 0.25) is 0 Å². The van der Waals surface area contributed by atoms with Crippen LogP contribution in [0.3, 0.4) is 0 Å². The maximum absolute atomic E-state index is 9.71. The Bertz CT molecular complexity index is 59.7. The van der Waals surface area contributed by atoms with Crippen LogP contribution in [0.15, 0.2) is 0 Å². The molecule has 0 unspecified atom stereocenters. The third kappa shape index (κ3) is 9.66. The molecule has 0 atom stereocenters. The molecule has 2 heteroatoms. The Hall–Kier alpha value is 0.436. The molecule has 0 N–H and O–H groups in total. The molecule has 0 aromatic rings. The molecule has 1 nitrogen and oxygen atoms in total. The molecule has 0 saturated heterocycles. The van der Waals surface area contributed by atoms with E-state index in [-0.39, 0.29) is 25.9 Å². The van der Waals surface area contributed by atoms with Crippen molar-refractivity contribution in [3.05, 3.63) is 0 Å². The number of hydrogen-bond acceptors (Lipinski definition) is 1. The van der Waals surface area contributed by atoms with E-state index in [0.29, 0.717) is 5.92 Å². The van der Waals surface area contributed by atoms with Crippen LogP contribution < -0.4 is 0 Å². The van der Waals surface area contributed by atoms with Gasteiger partial charge in [-0.15, -0.1) is 0 Å². The predicted octanol–water partition coefficient (Wildman–Crippen LogP) is 1.47. The van der Waals surface area contributed by atoms with Gasteiger partial charge in [-0.2, -0.15) is 0 Å². The fourth-order valence-corrected chi connectivity index (χ4v) is 0.401. The summed E-state index contributed by atoms with van der Waals surface area (Å²) >= 11 is 0. The standard InChI is InChI=1S/C6H12O.Mg.2H/c1-6(2)4-3-5-7;;;/h5-6H,3-4H2,1-2H3;;;/q;+2;2*-1. The number of hydrogen-bond donors (Lipinski definition) is 0. The summed E-state index contributed by atoms with van der Waals surface area (Å²) in [6.07, 6.45) is 2.72. The topological polar surface area (TPSA) is 17.1 Å². The van der Waals surface area contributed by atoms with E-state index in [1.807, 2.05) is 0 Å². The molecule has 0 aromatic carbocycles. The number of aldehydes is 1. The van der Waals surface area contributed by atoms with Gasteiger partial charge in [0.25, 0.3) is 0 Å². The third-order valence-electron chi connectivity index (χ3n) is 0.862. The Morgan fingerprint density at radius 1 is 1.62 bits per heavy atom. The molecule has 0 aliphatic heterocycles. The van der Waals surface area contributed by atoms with E-state index in [1.165, 1.54) is 0 Å². The molecule has 0 spiro atoms. The summed E-state index contributed by atoms with van der Waals surface area (Å²) in [5, 5.41) is 0. The van der Waals surface area contributed by atoms with Gasteiger partial charge >= 0.3 is 23.1 Å². The quantitative estimate of drug-likeness (QED) is 0.413. The first kappa shape index (κ1) is 11.3. The van der Waals surface area contributed by atoms with Gasteiger partial charge in [0, 0.05) is 6.42 Å². The zero-order chi connectivity index (χ0) is 5.70. The van der Waals surface area contributed by atoms with Gasteiger partial charge in [-0.3, -0.25) is 0 Å². The van der Waals surface area contributed by atoms with Crippen LogP contribution in [-0.4, -0.2) is 29.3 Å². The minimum atomic E-state index is 0. The summed E-state index contributed by atoms with van der Waals surface area (Å²) in [6, 6.07) is 0. The molecule has 0 heterocycles. The molecule has 0 amide bonds. The number of rotatable bonds is 3. The molecule has 0 bridgehead atoms. The van der Waals surface area contributed by atoms with Gasteiger partial charge < -0.3 is 7.65 Å². The monoisotopic (exact) mass is 126 g/mol. The molecular weight excluding hydrogens is 112 g/mol. The largest absolute Gasteiger partial charge is 2.00 e. The first-order valence-corrected chi connectivity index (χ1v) is 2.71. The molecule has 0 radical (unpaired) electrons. The van der Waals surface area contributed by atoms with E-state index in [0.717, 1.165) is 19.1 Å². The Balaban J connectivity index is -0.0000000600. The van der Waals surface area contributed by atoms with Gasteiger partial charge in [0.2, 0.25) is 0 Å². The smallest absolute Gasteiger partial charge is 1.00 e. The predicted molar refractivity (Wildman–Crippen MR) is 38.1 cm³/mol. The zero-order valence-electron chi connectivity index (χ0n) is 7.68. The van der Waals surface area contributed by atoms with Crippen LogP contribution in [0.5, 0.6) is 0 Å². The van der Waals surface area contributed by atoms with Crippen molar-refractivity contribution in [1.82, 2.24) is 0 Å². The van der Waals surface area contributed by atoms with Crippen molar-refractivity contribution in [1.29, 1.82) is 0 Å². The van der Waals surface area contributed by atoms with Gasteiger partial charge in [0.1, 0.15) is 6.29 Å². The molecule has 0 aliphatic rings. The summed E-state index contributed by atoms with van der Waals surface area (Å²) in [5.74, 6) is 0.671. The second-order valence-electron chi connectivity index (χ2n) is 2.14. The van der Waals surface area contributed by atoms with Gasteiger partial charge in [-0.25, -0.2) is 0 Å². The summed E-state index contributed by atoms with van der Waals surface area (Å²) in [6.45, 7) is 4.23. The Morgan fingerprint density at radius 2 is 2.12 bits per heavy atom. The van der Waals surface area contributed by atoms with Crippen LogP contribution >= 0.6 is 0 Å². The average Bonchev–Trinajstić information content (AvgIpc) is 1.61. The van der Waals surface area contributed by atoms with E-state index in [4.69, 9.17) is 0 Å². The Kier molecular flexibility index (Phi) is 10.5. The van der Waals surface area contributed by atoms with Crippen LogP contribution in [0.25, 0.3) is 0 Å². The van der Waals surface area contributed by atoms with Gasteiger partial charge in [0.15, 0.2) is 0 Å². The molecule has 46 valence electrons. The second kappa shape index (κ2) is 7.44. The minimum absolute atomic E-state index is 0. The van der Waals surface area contributed by atoms with Crippen molar-refractivity contribution in [2.24, 2.45) is 5.92 Å². The van der Waals surface area contributed by atoms with Crippen molar-refractivity contribution in [3.8, 4) is 0 Å². The fraction of sp³-hybridized carbons (Fsp3) is 0.833. The van der Waals surface area contributed by atoms with Crippen molar-refractivity contribution >= 4 is 29.3 Å². The average molecular weight is 126 g/mol. The van der Waals surface area contributed by atoms with E-state index in [1.54, 1.807) is 0 Å². The maximum Gasteiger partial charge on any atom is 2.00 e. The van der Waals surface area contributed by atoms with Gasteiger partial charge in [0.05, 0.1) is 0 Å². The van der Waals surface area contributed by atoms with E-state index < -0.39 is 0 Å². The summed E-state index contributed by atoms with van der Waals surface area (Å²) in [5.41, 5.74) is 0. The molecule has 0 fully saturated rings. The maximum atomic E-state index is 9.71. The van der Waals surface area contributed by atoms with E-state index in [9.17, 15) is 4.79 Å². The molecule has 0 aromatic heterocycles. The third-order valence-corrected chi connectivity index (χ3v) is 0.862. The first-order valence-electron chi connectivity index (χ1n) is 2.71. The Labute approximate surface area is 70.0 Å². The first-order chi connectivity index (χ1) is 3.27. The van der Waals surface area contributed by atoms with Crippen LogP contribution in [0.1, 0.15) is 29.5 Å². The molecule has 8 heavy (non-hydrogen) atoms. The molecular formula is C6H14MgO. The van der Waals surface area contributed by atoms with Crippen LogP contribution in [0.4, 0.5) is 0 Å². The Morgan fingerprint density at radius 3 is 2.25 bits per heavy atom. The van der Waals surface area contributed by atoms with Crippen molar-refractivity contribution in [3.63, 3.8) is 0 Å². The van der Waals surface area contributed by atoms with E-state index >= 15 is 0 Å². The fourth-order valence-electron chi connectivity index (χ4n) is 0.401. The normalized spacial score (nSPS) is 8.38. The van der Waals surface area contributed by atoms with Crippen LogP contribution in [0, 0.1) is 5.92 Å². The van der Waals surface area contributed by atoms with Crippen molar-refractivity contribution in [2.45, 2.75) is 26.7 Å². The number of carbonyl (C=O) groups excluding carboxylic acids is 1. The second-order valence-corrected chi connectivity index (χ2v) is 2.14. The van der Waals surface area contributed by atoms with Gasteiger partial charge in [-0.05, 0) is 12.3 Å². The minimum Gasteiger partial charge on any atom is -1.00 e. The zero-order valence-corrected chi connectivity index (χ0v) is 7.10. The summed E-state index contributed by atoms with van der Waals surface area (Å²) in [7, 11) is 0. The number of carbonyl (C=O) groups is 1. The summed E-state index contributed by atoms with van der Waals surface area (Å²) in [4.78, 5) is 9.71. The van der Waals surface area contributed by atoms with E-state index in [2.05, 4.69) is 13.8 Å². The molecule has 0 rings (SSSR count).